The Morgan fingerprint density at radius 2 is 1.85 bits per heavy atom. The fourth-order valence-corrected chi connectivity index (χ4v) is 3.11. The third-order valence-corrected chi connectivity index (χ3v) is 5.58. The van der Waals surface area contributed by atoms with Gasteiger partial charge in [-0.05, 0) is 43.3 Å². The molecule has 0 saturated heterocycles. The van der Waals surface area contributed by atoms with E-state index in [4.69, 9.17) is 4.74 Å². The summed E-state index contributed by atoms with van der Waals surface area (Å²) in [5, 5.41) is 3.94. The summed E-state index contributed by atoms with van der Waals surface area (Å²) in [6.07, 6.45) is 0. The number of rotatable bonds is 6. The van der Waals surface area contributed by atoms with Gasteiger partial charge >= 0.3 is 0 Å². The smallest absolute Gasteiger partial charge is 0.271 e. The van der Waals surface area contributed by atoms with Crippen molar-refractivity contribution in [2.24, 2.45) is 5.10 Å². The quantitative estimate of drug-likeness (QED) is 0.602. The van der Waals surface area contributed by atoms with Crippen molar-refractivity contribution in [1.82, 2.24) is 9.73 Å². The lowest BCUT2D eigenvalue weighted by molar-refractivity contribution is 0.0954. The molecule has 7 nitrogen and oxygen atoms in total. The van der Waals surface area contributed by atoms with E-state index in [1.807, 2.05) is 0 Å². The Labute approximate surface area is 157 Å². The van der Waals surface area contributed by atoms with Crippen molar-refractivity contribution in [2.45, 2.75) is 11.8 Å². The fraction of sp³-hybridized carbons (Fsp3) is 0.222. The molecule has 0 spiro atoms. The SMILES string of the molecule is COc1ccc(/C(C)=N\NC(=O)c2cccc(S(=O)(=O)N(C)C)c2)cc1F. The zero-order chi connectivity index (χ0) is 20.2. The number of hydrogen-bond donors (Lipinski definition) is 1. The summed E-state index contributed by atoms with van der Waals surface area (Å²) in [5.41, 5.74) is 3.32. The number of ether oxygens (including phenoxy) is 1. The van der Waals surface area contributed by atoms with Crippen LogP contribution in [0.5, 0.6) is 5.75 Å². The average Bonchev–Trinajstić information content (AvgIpc) is 2.65. The van der Waals surface area contributed by atoms with Crippen LogP contribution in [0.25, 0.3) is 0 Å². The summed E-state index contributed by atoms with van der Waals surface area (Å²) in [6.45, 7) is 1.61. The predicted octanol–water partition coefficient (Wildman–Crippen LogP) is 2.24. The largest absolute Gasteiger partial charge is 0.494 e. The van der Waals surface area contributed by atoms with Crippen LogP contribution in [-0.4, -0.2) is 45.5 Å². The summed E-state index contributed by atoms with van der Waals surface area (Å²) in [7, 11) is 0.523. The molecule has 0 aliphatic carbocycles. The summed E-state index contributed by atoms with van der Waals surface area (Å²) in [5.74, 6) is -1.02. The van der Waals surface area contributed by atoms with Crippen molar-refractivity contribution >= 4 is 21.6 Å². The number of carbonyl (C=O) groups is 1. The molecule has 0 fully saturated rings. The van der Waals surface area contributed by atoms with Gasteiger partial charge in [-0.15, -0.1) is 0 Å². The lowest BCUT2D eigenvalue weighted by Crippen LogP contribution is -2.23. The molecular formula is C18H20FN3O4S. The van der Waals surface area contributed by atoms with Gasteiger partial charge in [-0.1, -0.05) is 6.07 Å². The Bertz CT molecular complexity index is 988. The van der Waals surface area contributed by atoms with Crippen molar-refractivity contribution in [2.75, 3.05) is 21.2 Å². The molecule has 0 saturated carbocycles. The van der Waals surface area contributed by atoms with Gasteiger partial charge in [0.1, 0.15) is 0 Å². The maximum absolute atomic E-state index is 13.8. The summed E-state index contributed by atoms with van der Waals surface area (Å²) in [6, 6.07) is 9.93. The van der Waals surface area contributed by atoms with Crippen molar-refractivity contribution < 1.29 is 22.3 Å². The minimum absolute atomic E-state index is 0.00178. The van der Waals surface area contributed by atoms with Crippen molar-refractivity contribution in [3.05, 3.63) is 59.4 Å². The molecule has 144 valence electrons. The highest BCUT2D eigenvalue weighted by Gasteiger charge is 2.18. The molecule has 0 aromatic heterocycles. The van der Waals surface area contributed by atoms with E-state index in [0.29, 0.717) is 11.3 Å². The average molecular weight is 393 g/mol. The molecule has 0 radical (unpaired) electrons. The highest BCUT2D eigenvalue weighted by atomic mass is 32.2. The Morgan fingerprint density at radius 1 is 1.15 bits per heavy atom. The van der Waals surface area contributed by atoms with Crippen LogP contribution in [0, 0.1) is 5.82 Å². The first-order valence-electron chi connectivity index (χ1n) is 7.88. The third-order valence-electron chi connectivity index (χ3n) is 3.77. The lowest BCUT2D eigenvalue weighted by Gasteiger charge is -2.12. The zero-order valence-electron chi connectivity index (χ0n) is 15.4. The van der Waals surface area contributed by atoms with Crippen LogP contribution in [0.15, 0.2) is 52.5 Å². The summed E-state index contributed by atoms with van der Waals surface area (Å²) >= 11 is 0. The maximum atomic E-state index is 13.8. The first kappa shape index (κ1) is 20.5. The van der Waals surface area contributed by atoms with Crippen molar-refractivity contribution in [3.63, 3.8) is 0 Å². The van der Waals surface area contributed by atoms with Crippen LogP contribution in [0.2, 0.25) is 0 Å². The van der Waals surface area contributed by atoms with E-state index in [9.17, 15) is 17.6 Å². The van der Waals surface area contributed by atoms with Gasteiger partial charge < -0.3 is 4.74 Å². The Kier molecular flexibility index (Phi) is 6.29. The van der Waals surface area contributed by atoms with Crippen molar-refractivity contribution in [3.8, 4) is 5.75 Å². The zero-order valence-corrected chi connectivity index (χ0v) is 16.2. The number of methoxy groups -OCH3 is 1. The Morgan fingerprint density at radius 3 is 2.44 bits per heavy atom. The molecule has 2 aromatic rings. The number of benzene rings is 2. The second-order valence-corrected chi connectivity index (χ2v) is 7.95. The number of nitrogens with one attached hydrogen (secondary N) is 1. The number of nitrogens with zero attached hydrogens (tertiary/aromatic N) is 2. The van der Waals surface area contributed by atoms with Crippen molar-refractivity contribution in [1.29, 1.82) is 0 Å². The molecule has 0 aliphatic heterocycles. The Balaban J connectivity index is 2.20. The number of amides is 1. The topological polar surface area (TPSA) is 88.1 Å². The van der Waals surface area contributed by atoms with Gasteiger partial charge in [-0.25, -0.2) is 22.5 Å². The molecule has 9 heteroatoms. The van der Waals surface area contributed by atoms with E-state index in [2.05, 4.69) is 10.5 Å². The lowest BCUT2D eigenvalue weighted by atomic mass is 10.1. The molecule has 0 aliphatic rings. The van der Waals surface area contributed by atoms with Gasteiger partial charge in [-0.3, -0.25) is 4.79 Å². The monoisotopic (exact) mass is 393 g/mol. The molecule has 0 heterocycles. The number of hydrazone groups is 1. The number of carbonyl (C=O) groups excluding carboxylic acids is 1. The number of hydrogen-bond acceptors (Lipinski definition) is 5. The molecule has 1 amide bonds. The minimum Gasteiger partial charge on any atom is -0.494 e. The van der Waals surface area contributed by atoms with Crippen LogP contribution in [0.3, 0.4) is 0 Å². The molecular weight excluding hydrogens is 373 g/mol. The van der Waals surface area contributed by atoms with Crippen LogP contribution in [-0.2, 0) is 10.0 Å². The van der Waals surface area contributed by atoms with Gasteiger partial charge in [0, 0.05) is 25.2 Å². The first-order valence-corrected chi connectivity index (χ1v) is 9.32. The van der Waals surface area contributed by atoms with Crippen LogP contribution < -0.4 is 10.2 Å². The molecule has 0 unspecified atom stereocenters. The summed E-state index contributed by atoms with van der Waals surface area (Å²) in [4.78, 5) is 12.3. The molecule has 0 atom stereocenters. The molecule has 2 rings (SSSR count). The number of sulfonamides is 1. The van der Waals surface area contributed by atoms with Gasteiger partial charge in [0.05, 0.1) is 17.7 Å². The second kappa shape index (κ2) is 8.28. The fourth-order valence-electron chi connectivity index (χ4n) is 2.16. The number of halogens is 1. The van der Waals surface area contributed by atoms with Gasteiger partial charge in [0.15, 0.2) is 11.6 Å². The minimum atomic E-state index is -3.65. The van der Waals surface area contributed by atoms with Crippen LogP contribution in [0.1, 0.15) is 22.8 Å². The van der Waals surface area contributed by atoms with Gasteiger partial charge in [-0.2, -0.15) is 5.10 Å². The highest BCUT2D eigenvalue weighted by molar-refractivity contribution is 7.89. The molecule has 27 heavy (non-hydrogen) atoms. The predicted molar refractivity (Wildman–Crippen MR) is 99.9 cm³/mol. The van der Waals surface area contributed by atoms with E-state index in [1.54, 1.807) is 13.0 Å². The van der Waals surface area contributed by atoms with Crippen LogP contribution in [0.4, 0.5) is 4.39 Å². The normalized spacial score (nSPS) is 12.1. The second-order valence-electron chi connectivity index (χ2n) is 5.80. The molecule has 0 bridgehead atoms. The van der Waals surface area contributed by atoms with E-state index in [1.165, 1.54) is 57.6 Å². The van der Waals surface area contributed by atoms with E-state index < -0.39 is 21.7 Å². The standard InChI is InChI=1S/C18H20FN3O4S/c1-12(13-8-9-17(26-4)16(19)11-13)20-21-18(23)14-6-5-7-15(10-14)27(24,25)22(2)3/h5-11H,1-4H3,(H,21,23)/b20-12-. The first-order chi connectivity index (χ1) is 12.7. The van der Waals surface area contributed by atoms with E-state index >= 15 is 0 Å². The molecule has 2 aromatic carbocycles. The van der Waals surface area contributed by atoms with E-state index in [-0.39, 0.29) is 16.2 Å². The van der Waals surface area contributed by atoms with Gasteiger partial charge in [0.25, 0.3) is 5.91 Å². The maximum Gasteiger partial charge on any atom is 0.271 e. The molecule has 1 N–H and O–H groups in total. The Hall–Kier alpha value is -2.78. The highest BCUT2D eigenvalue weighted by Crippen LogP contribution is 2.18. The van der Waals surface area contributed by atoms with E-state index in [0.717, 1.165) is 4.31 Å². The van der Waals surface area contributed by atoms with Gasteiger partial charge in [0.2, 0.25) is 10.0 Å². The summed E-state index contributed by atoms with van der Waals surface area (Å²) < 4.78 is 44.0. The van der Waals surface area contributed by atoms with Crippen LogP contribution >= 0.6 is 0 Å². The third kappa shape index (κ3) is 4.69.